The Morgan fingerprint density at radius 1 is 1.50 bits per heavy atom. The highest BCUT2D eigenvalue weighted by Crippen LogP contribution is 2.23. The average molecular weight is 311 g/mol. The number of halogens is 2. The smallest absolute Gasteiger partial charge is 0.257 e. The molecule has 1 unspecified atom stereocenters. The van der Waals surface area contributed by atoms with Crippen LogP contribution < -0.4 is 0 Å². The third kappa shape index (κ3) is 2.39. The molecule has 1 fully saturated rings. The lowest BCUT2D eigenvalue weighted by Gasteiger charge is -2.31. The summed E-state index contributed by atoms with van der Waals surface area (Å²) in [6.07, 6.45) is 2.46. The molecule has 0 N–H and O–H groups in total. The molecule has 3 nitrogen and oxygen atoms in total. The Balaban J connectivity index is 2.30. The van der Waals surface area contributed by atoms with Crippen LogP contribution >= 0.6 is 15.9 Å². The van der Waals surface area contributed by atoms with E-state index in [1.807, 2.05) is 0 Å². The molecule has 94 valence electrons. The number of likely N-dealkylation sites (tertiary alicyclic amines) is 1. The summed E-state index contributed by atoms with van der Waals surface area (Å²) >= 11 is 3.06. The second-order valence-corrected chi connectivity index (χ2v) is 5.09. The van der Waals surface area contributed by atoms with Gasteiger partial charge in [0.15, 0.2) is 0 Å². The number of amides is 1. The molecule has 1 saturated heterocycles. The van der Waals surface area contributed by atoms with Gasteiger partial charge in [0.25, 0.3) is 5.91 Å². The Hall–Kier alpha value is -1.41. The second-order valence-electron chi connectivity index (χ2n) is 4.24. The minimum Gasteiger partial charge on any atom is -0.323 e. The zero-order valence-electron chi connectivity index (χ0n) is 9.70. The van der Waals surface area contributed by atoms with Crippen molar-refractivity contribution in [2.45, 2.75) is 25.3 Å². The van der Waals surface area contributed by atoms with Crippen molar-refractivity contribution in [3.63, 3.8) is 0 Å². The van der Waals surface area contributed by atoms with Crippen molar-refractivity contribution in [1.29, 1.82) is 5.26 Å². The molecule has 1 amide bonds. The van der Waals surface area contributed by atoms with Gasteiger partial charge >= 0.3 is 0 Å². The van der Waals surface area contributed by atoms with Crippen LogP contribution in [-0.4, -0.2) is 23.4 Å². The van der Waals surface area contributed by atoms with E-state index in [-0.39, 0.29) is 10.0 Å². The van der Waals surface area contributed by atoms with Gasteiger partial charge in [-0.15, -0.1) is 0 Å². The second kappa shape index (κ2) is 5.49. The SMILES string of the molecule is N#CC1CCCCN1C(=O)c1cccc(Br)c1F. The van der Waals surface area contributed by atoms with Gasteiger partial charge in [-0.1, -0.05) is 6.07 Å². The van der Waals surface area contributed by atoms with E-state index in [0.717, 1.165) is 12.8 Å². The Bertz CT molecular complexity index is 512. The van der Waals surface area contributed by atoms with Crippen molar-refractivity contribution >= 4 is 21.8 Å². The largest absolute Gasteiger partial charge is 0.323 e. The summed E-state index contributed by atoms with van der Waals surface area (Å²) in [6.45, 7) is 0.517. The molecule has 0 aromatic heterocycles. The first-order valence-electron chi connectivity index (χ1n) is 5.79. The van der Waals surface area contributed by atoms with Crippen LogP contribution in [0.3, 0.4) is 0 Å². The Morgan fingerprint density at radius 3 is 3.00 bits per heavy atom. The number of benzene rings is 1. The Morgan fingerprint density at radius 2 is 2.28 bits per heavy atom. The fourth-order valence-corrected chi connectivity index (χ4v) is 2.50. The highest BCUT2D eigenvalue weighted by atomic mass is 79.9. The van der Waals surface area contributed by atoms with Crippen molar-refractivity contribution in [2.24, 2.45) is 0 Å². The van der Waals surface area contributed by atoms with Gasteiger partial charge in [0.1, 0.15) is 11.9 Å². The standard InChI is InChI=1S/C13H12BrFN2O/c14-11-6-3-5-10(12(11)15)13(18)17-7-2-1-4-9(17)8-16/h3,5-6,9H,1-2,4,7H2. The summed E-state index contributed by atoms with van der Waals surface area (Å²) < 4.78 is 14.1. The van der Waals surface area contributed by atoms with Crippen LogP contribution in [0.2, 0.25) is 0 Å². The maximum Gasteiger partial charge on any atom is 0.257 e. The molecule has 0 saturated carbocycles. The molecule has 5 heteroatoms. The third-order valence-corrected chi connectivity index (χ3v) is 3.71. The van der Waals surface area contributed by atoms with Crippen LogP contribution in [0.15, 0.2) is 22.7 Å². The van der Waals surface area contributed by atoms with Gasteiger partial charge in [0.05, 0.1) is 16.1 Å². The van der Waals surface area contributed by atoms with Crippen LogP contribution in [0.25, 0.3) is 0 Å². The van der Waals surface area contributed by atoms with E-state index in [0.29, 0.717) is 13.0 Å². The molecule has 0 spiro atoms. The summed E-state index contributed by atoms with van der Waals surface area (Å²) in [7, 11) is 0. The topological polar surface area (TPSA) is 44.1 Å². The van der Waals surface area contributed by atoms with Crippen LogP contribution in [0.4, 0.5) is 4.39 Å². The fourth-order valence-electron chi connectivity index (χ4n) is 2.13. The van der Waals surface area contributed by atoms with Crippen LogP contribution in [-0.2, 0) is 0 Å². The predicted octanol–water partition coefficient (Wildman–Crippen LogP) is 3.11. The van der Waals surface area contributed by atoms with E-state index in [9.17, 15) is 9.18 Å². The third-order valence-electron chi connectivity index (χ3n) is 3.09. The highest BCUT2D eigenvalue weighted by Gasteiger charge is 2.29. The molecule has 1 aliphatic rings. The van der Waals surface area contributed by atoms with E-state index < -0.39 is 17.8 Å². The summed E-state index contributed by atoms with van der Waals surface area (Å²) in [5.74, 6) is -0.968. The first-order valence-corrected chi connectivity index (χ1v) is 6.59. The van der Waals surface area contributed by atoms with E-state index in [1.54, 1.807) is 12.1 Å². The Kier molecular flexibility index (Phi) is 3.97. The van der Waals surface area contributed by atoms with Gasteiger partial charge in [-0.05, 0) is 47.3 Å². The molecular formula is C13H12BrFN2O. The van der Waals surface area contributed by atoms with Crippen molar-refractivity contribution in [1.82, 2.24) is 4.90 Å². The van der Waals surface area contributed by atoms with Crippen LogP contribution in [0, 0.1) is 17.1 Å². The molecule has 0 radical (unpaired) electrons. The van der Waals surface area contributed by atoms with Crippen LogP contribution in [0.5, 0.6) is 0 Å². The highest BCUT2D eigenvalue weighted by molar-refractivity contribution is 9.10. The van der Waals surface area contributed by atoms with E-state index >= 15 is 0 Å². The zero-order chi connectivity index (χ0) is 13.1. The van der Waals surface area contributed by atoms with Gasteiger partial charge in [0.2, 0.25) is 0 Å². The zero-order valence-corrected chi connectivity index (χ0v) is 11.3. The summed E-state index contributed by atoms with van der Waals surface area (Å²) in [6, 6.07) is 6.28. The maximum atomic E-state index is 13.9. The van der Waals surface area contributed by atoms with Crippen molar-refractivity contribution in [3.8, 4) is 6.07 Å². The van der Waals surface area contributed by atoms with Gasteiger partial charge < -0.3 is 4.90 Å². The summed E-state index contributed by atoms with van der Waals surface area (Å²) in [5, 5.41) is 9.03. The number of rotatable bonds is 1. The van der Waals surface area contributed by atoms with Crippen molar-refractivity contribution in [2.75, 3.05) is 6.54 Å². The van der Waals surface area contributed by atoms with Crippen molar-refractivity contribution in [3.05, 3.63) is 34.1 Å². The van der Waals surface area contributed by atoms with E-state index in [2.05, 4.69) is 22.0 Å². The average Bonchev–Trinajstić information content (AvgIpc) is 2.41. The van der Waals surface area contributed by atoms with E-state index in [1.165, 1.54) is 11.0 Å². The van der Waals surface area contributed by atoms with E-state index in [4.69, 9.17) is 5.26 Å². The minimum absolute atomic E-state index is 0.0199. The maximum absolute atomic E-state index is 13.9. The normalized spacial score (nSPS) is 19.4. The van der Waals surface area contributed by atoms with Crippen molar-refractivity contribution < 1.29 is 9.18 Å². The monoisotopic (exact) mass is 310 g/mol. The quantitative estimate of drug-likeness (QED) is 0.800. The first-order chi connectivity index (χ1) is 8.65. The lowest BCUT2D eigenvalue weighted by Crippen LogP contribution is -2.43. The molecule has 18 heavy (non-hydrogen) atoms. The summed E-state index contributed by atoms with van der Waals surface area (Å²) in [5.41, 5.74) is 0.0199. The number of carbonyl (C=O) groups is 1. The fraction of sp³-hybridized carbons (Fsp3) is 0.385. The molecule has 1 heterocycles. The molecule has 1 atom stereocenters. The number of nitriles is 1. The number of nitrogens with zero attached hydrogens (tertiary/aromatic N) is 2. The molecular weight excluding hydrogens is 299 g/mol. The summed E-state index contributed by atoms with van der Waals surface area (Å²) in [4.78, 5) is 13.7. The lowest BCUT2D eigenvalue weighted by atomic mass is 10.0. The molecule has 0 bridgehead atoms. The molecule has 1 aromatic carbocycles. The molecule has 0 aliphatic carbocycles. The van der Waals surface area contributed by atoms with Crippen LogP contribution in [0.1, 0.15) is 29.6 Å². The van der Waals surface area contributed by atoms with Gasteiger partial charge in [-0.25, -0.2) is 4.39 Å². The molecule has 1 aromatic rings. The number of hydrogen-bond donors (Lipinski definition) is 0. The minimum atomic E-state index is -0.565. The number of carbonyl (C=O) groups excluding carboxylic acids is 1. The lowest BCUT2D eigenvalue weighted by molar-refractivity contribution is 0.0665. The van der Waals surface area contributed by atoms with Gasteiger partial charge in [0, 0.05) is 6.54 Å². The van der Waals surface area contributed by atoms with Gasteiger partial charge in [-0.3, -0.25) is 4.79 Å². The number of hydrogen-bond acceptors (Lipinski definition) is 2. The predicted molar refractivity (Wildman–Crippen MR) is 68.4 cm³/mol. The number of piperidine rings is 1. The molecule has 2 rings (SSSR count). The first kappa shape index (κ1) is 13.0. The molecule has 1 aliphatic heterocycles. The van der Waals surface area contributed by atoms with Gasteiger partial charge in [-0.2, -0.15) is 5.26 Å². The Labute approximate surface area is 113 Å².